The first-order chi connectivity index (χ1) is 12.5. The van der Waals surface area contributed by atoms with Crippen LogP contribution in [-0.4, -0.2) is 23.6 Å². The van der Waals surface area contributed by atoms with E-state index in [1.165, 1.54) is 0 Å². The lowest BCUT2D eigenvalue weighted by Gasteiger charge is -2.04. The second-order valence-electron chi connectivity index (χ2n) is 5.93. The van der Waals surface area contributed by atoms with Crippen molar-refractivity contribution < 1.29 is 18.8 Å². The van der Waals surface area contributed by atoms with Crippen LogP contribution in [-0.2, 0) is 9.53 Å². The van der Waals surface area contributed by atoms with E-state index < -0.39 is 18.5 Å². The van der Waals surface area contributed by atoms with Crippen molar-refractivity contribution in [2.45, 2.75) is 13.8 Å². The number of nitrogens with one attached hydrogen (secondary N) is 1. The lowest BCUT2D eigenvalue weighted by atomic mass is 10.1. The molecule has 0 fully saturated rings. The van der Waals surface area contributed by atoms with Gasteiger partial charge in [0.1, 0.15) is 5.69 Å². The average Bonchev–Trinajstić information content (AvgIpc) is 3.09. The Kier molecular flexibility index (Phi) is 5.12. The van der Waals surface area contributed by atoms with Crippen molar-refractivity contribution in [1.82, 2.24) is 5.16 Å². The molecule has 1 aromatic heterocycles. The molecule has 0 saturated heterocycles. The van der Waals surface area contributed by atoms with Crippen LogP contribution in [0.3, 0.4) is 0 Å². The molecule has 0 aliphatic heterocycles. The number of hydrogen-bond acceptors (Lipinski definition) is 5. The summed E-state index contributed by atoms with van der Waals surface area (Å²) in [6.07, 6.45) is 0. The number of benzene rings is 2. The van der Waals surface area contributed by atoms with Gasteiger partial charge >= 0.3 is 5.97 Å². The monoisotopic (exact) mass is 350 g/mol. The number of aromatic nitrogens is 1. The number of esters is 1. The molecule has 0 aliphatic carbocycles. The SMILES string of the molecule is Cc1ccc(C(=O)OCC(=O)Nc2cc(-c3ccc(C)cc3)no2)cc1. The summed E-state index contributed by atoms with van der Waals surface area (Å²) in [7, 11) is 0. The van der Waals surface area contributed by atoms with Crippen LogP contribution in [0.15, 0.2) is 59.1 Å². The highest BCUT2D eigenvalue weighted by Crippen LogP contribution is 2.22. The maximum atomic E-state index is 11.9. The summed E-state index contributed by atoms with van der Waals surface area (Å²) in [6.45, 7) is 3.51. The van der Waals surface area contributed by atoms with Gasteiger partial charge in [0.15, 0.2) is 6.61 Å². The smallest absolute Gasteiger partial charge is 0.338 e. The molecule has 0 spiro atoms. The fraction of sp³-hybridized carbons (Fsp3) is 0.150. The molecule has 132 valence electrons. The number of carbonyl (C=O) groups excluding carboxylic acids is 2. The molecule has 3 rings (SSSR count). The second kappa shape index (κ2) is 7.65. The van der Waals surface area contributed by atoms with E-state index in [0.717, 1.165) is 16.7 Å². The minimum absolute atomic E-state index is 0.192. The van der Waals surface area contributed by atoms with Crippen molar-refractivity contribution in [3.8, 4) is 11.3 Å². The van der Waals surface area contributed by atoms with E-state index in [4.69, 9.17) is 9.26 Å². The molecular weight excluding hydrogens is 332 g/mol. The van der Waals surface area contributed by atoms with Gasteiger partial charge in [0, 0.05) is 11.6 Å². The van der Waals surface area contributed by atoms with E-state index in [9.17, 15) is 9.59 Å². The fourth-order valence-corrected chi connectivity index (χ4v) is 2.27. The normalized spacial score (nSPS) is 10.4. The molecule has 1 amide bonds. The van der Waals surface area contributed by atoms with Gasteiger partial charge in [0.25, 0.3) is 5.91 Å². The first-order valence-corrected chi connectivity index (χ1v) is 8.08. The van der Waals surface area contributed by atoms with Gasteiger partial charge in [-0.3, -0.25) is 10.1 Å². The van der Waals surface area contributed by atoms with Crippen LogP contribution in [0.2, 0.25) is 0 Å². The third-order valence-electron chi connectivity index (χ3n) is 3.74. The predicted octanol–water partition coefficient (Wildman–Crippen LogP) is 3.75. The van der Waals surface area contributed by atoms with Crippen molar-refractivity contribution in [2.75, 3.05) is 11.9 Å². The molecule has 0 atom stereocenters. The summed E-state index contributed by atoms with van der Waals surface area (Å²) in [6, 6.07) is 16.3. The van der Waals surface area contributed by atoms with Gasteiger partial charge in [-0.05, 0) is 26.0 Å². The third kappa shape index (κ3) is 4.36. The van der Waals surface area contributed by atoms with E-state index in [2.05, 4.69) is 10.5 Å². The molecule has 0 unspecified atom stereocenters. The molecule has 3 aromatic rings. The minimum atomic E-state index is -0.557. The summed E-state index contributed by atoms with van der Waals surface area (Å²) < 4.78 is 10.1. The molecule has 0 radical (unpaired) electrons. The van der Waals surface area contributed by atoms with Crippen molar-refractivity contribution in [2.24, 2.45) is 0 Å². The highest BCUT2D eigenvalue weighted by molar-refractivity contribution is 5.95. The van der Waals surface area contributed by atoms with Gasteiger partial charge < -0.3 is 9.26 Å². The second-order valence-corrected chi connectivity index (χ2v) is 5.93. The summed E-state index contributed by atoms with van der Waals surface area (Å²) >= 11 is 0. The van der Waals surface area contributed by atoms with Crippen LogP contribution >= 0.6 is 0 Å². The molecule has 1 heterocycles. The molecule has 0 saturated carbocycles. The van der Waals surface area contributed by atoms with Gasteiger partial charge in [0.05, 0.1) is 5.56 Å². The fourth-order valence-electron chi connectivity index (χ4n) is 2.27. The molecule has 1 N–H and O–H groups in total. The molecule has 6 heteroatoms. The van der Waals surface area contributed by atoms with Crippen LogP contribution in [0.5, 0.6) is 0 Å². The Labute approximate surface area is 150 Å². The lowest BCUT2D eigenvalue weighted by Crippen LogP contribution is -2.20. The number of aryl methyl sites for hydroxylation is 2. The zero-order valence-electron chi connectivity index (χ0n) is 14.5. The van der Waals surface area contributed by atoms with Gasteiger partial charge in [-0.2, -0.15) is 0 Å². The zero-order valence-corrected chi connectivity index (χ0v) is 14.5. The molecule has 2 aromatic carbocycles. The molecule has 0 bridgehead atoms. The van der Waals surface area contributed by atoms with Crippen molar-refractivity contribution in [3.63, 3.8) is 0 Å². The quantitative estimate of drug-likeness (QED) is 0.709. The van der Waals surface area contributed by atoms with Crippen LogP contribution in [0.25, 0.3) is 11.3 Å². The Morgan fingerprint density at radius 2 is 1.62 bits per heavy atom. The standard InChI is InChI=1S/C20H18N2O4/c1-13-3-7-15(8-4-13)17-11-19(26-22-17)21-18(23)12-25-20(24)16-9-5-14(2)6-10-16/h3-11H,12H2,1-2H3,(H,21,23). The minimum Gasteiger partial charge on any atom is -0.452 e. The summed E-state index contributed by atoms with van der Waals surface area (Å²) in [5.41, 5.74) is 4.06. The van der Waals surface area contributed by atoms with Crippen LogP contribution in [0.1, 0.15) is 21.5 Å². The van der Waals surface area contributed by atoms with Gasteiger partial charge in [-0.25, -0.2) is 4.79 Å². The highest BCUT2D eigenvalue weighted by Gasteiger charge is 2.13. The van der Waals surface area contributed by atoms with E-state index in [0.29, 0.717) is 11.3 Å². The maximum absolute atomic E-state index is 11.9. The number of anilines is 1. The molecule has 26 heavy (non-hydrogen) atoms. The number of nitrogens with zero attached hydrogens (tertiary/aromatic N) is 1. The highest BCUT2D eigenvalue weighted by atomic mass is 16.5. The summed E-state index contributed by atoms with van der Waals surface area (Å²) in [5, 5.41) is 6.44. The topological polar surface area (TPSA) is 81.4 Å². The Morgan fingerprint density at radius 3 is 2.27 bits per heavy atom. The molecule has 0 aliphatic rings. The maximum Gasteiger partial charge on any atom is 0.338 e. The van der Waals surface area contributed by atoms with Crippen molar-refractivity contribution >= 4 is 17.8 Å². The molecular formula is C20H18N2O4. The Hall–Kier alpha value is -3.41. The van der Waals surface area contributed by atoms with Crippen molar-refractivity contribution in [1.29, 1.82) is 0 Å². The number of ether oxygens (including phenoxy) is 1. The number of amides is 1. The average molecular weight is 350 g/mol. The predicted molar refractivity (Wildman–Crippen MR) is 96.8 cm³/mol. The van der Waals surface area contributed by atoms with Crippen molar-refractivity contribution in [3.05, 3.63) is 71.3 Å². The Morgan fingerprint density at radius 1 is 1.00 bits per heavy atom. The first kappa shape index (κ1) is 17.4. The van der Waals surface area contributed by atoms with E-state index in [1.54, 1.807) is 30.3 Å². The zero-order chi connectivity index (χ0) is 18.5. The number of hydrogen-bond donors (Lipinski definition) is 1. The number of rotatable bonds is 5. The van der Waals surface area contributed by atoms with Gasteiger partial charge in [0.2, 0.25) is 5.88 Å². The van der Waals surface area contributed by atoms with Crippen LogP contribution in [0.4, 0.5) is 5.88 Å². The largest absolute Gasteiger partial charge is 0.452 e. The first-order valence-electron chi connectivity index (χ1n) is 8.08. The summed E-state index contributed by atoms with van der Waals surface area (Å²) in [4.78, 5) is 23.8. The summed E-state index contributed by atoms with van der Waals surface area (Å²) in [5.74, 6) is -0.868. The third-order valence-corrected chi connectivity index (χ3v) is 3.74. The Bertz CT molecular complexity index is 912. The van der Waals surface area contributed by atoms with Gasteiger partial charge in [-0.15, -0.1) is 0 Å². The molecule has 6 nitrogen and oxygen atoms in total. The van der Waals surface area contributed by atoms with Crippen LogP contribution < -0.4 is 5.32 Å². The van der Waals surface area contributed by atoms with Crippen LogP contribution in [0, 0.1) is 13.8 Å². The van der Waals surface area contributed by atoms with Gasteiger partial charge in [-0.1, -0.05) is 52.7 Å². The lowest BCUT2D eigenvalue weighted by molar-refractivity contribution is -0.119. The number of carbonyl (C=O) groups is 2. The Balaban J connectivity index is 1.54. The van der Waals surface area contributed by atoms with E-state index >= 15 is 0 Å². The van der Waals surface area contributed by atoms with E-state index in [1.807, 2.05) is 38.1 Å². The van der Waals surface area contributed by atoms with E-state index in [-0.39, 0.29) is 5.88 Å².